The molecule has 0 saturated carbocycles. The van der Waals surface area contributed by atoms with Gasteiger partial charge < -0.3 is 4.74 Å². The van der Waals surface area contributed by atoms with Gasteiger partial charge in [-0.2, -0.15) is 5.10 Å². The molecule has 1 atom stereocenters. The van der Waals surface area contributed by atoms with Crippen LogP contribution < -0.4 is 0 Å². The molecule has 1 aliphatic heterocycles. The van der Waals surface area contributed by atoms with E-state index >= 15 is 0 Å². The fourth-order valence-corrected chi connectivity index (χ4v) is 1.43. The quantitative estimate of drug-likeness (QED) is 0.631. The summed E-state index contributed by atoms with van der Waals surface area (Å²) in [6, 6.07) is 0. The van der Waals surface area contributed by atoms with Crippen molar-refractivity contribution in [3.05, 3.63) is 0 Å². The number of amides is 1. The second kappa shape index (κ2) is 4.23. The van der Waals surface area contributed by atoms with Gasteiger partial charge in [-0.3, -0.25) is 4.79 Å². The van der Waals surface area contributed by atoms with Gasteiger partial charge in [-0.15, -0.1) is 0 Å². The number of rotatable bonds is 1. The van der Waals surface area contributed by atoms with Crippen LogP contribution in [0.1, 0.15) is 34.1 Å². The van der Waals surface area contributed by atoms with Crippen LogP contribution in [0.4, 0.5) is 0 Å². The molecule has 0 aromatic carbocycles. The van der Waals surface area contributed by atoms with Gasteiger partial charge in [0.1, 0.15) is 11.3 Å². The van der Waals surface area contributed by atoms with Crippen LogP contribution in [0.5, 0.6) is 0 Å². The predicted octanol–water partition coefficient (Wildman–Crippen LogP) is 1.18. The molecule has 0 spiro atoms. The second-order valence-corrected chi connectivity index (χ2v) is 5.02. The first-order valence-electron chi connectivity index (χ1n) is 5.29. The molecule has 1 amide bonds. The van der Waals surface area contributed by atoms with E-state index in [0.29, 0.717) is 12.1 Å². The molecule has 1 aliphatic rings. The van der Waals surface area contributed by atoms with Crippen molar-refractivity contribution in [2.75, 3.05) is 7.05 Å². The Balaban J connectivity index is 2.78. The van der Waals surface area contributed by atoms with Crippen LogP contribution in [0.2, 0.25) is 0 Å². The summed E-state index contributed by atoms with van der Waals surface area (Å²) in [4.78, 5) is 23.2. The Morgan fingerprint density at radius 1 is 1.50 bits per heavy atom. The normalized spacial score (nSPS) is 21.8. The van der Waals surface area contributed by atoms with Crippen LogP contribution in [-0.4, -0.2) is 35.2 Å². The molecule has 16 heavy (non-hydrogen) atoms. The molecule has 5 nitrogen and oxygen atoms in total. The smallest absolute Gasteiger partial charge is 0.355 e. The summed E-state index contributed by atoms with van der Waals surface area (Å²) in [7, 11) is 1.54. The van der Waals surface area contributed by atoms with Gasteiger partial charge in [-0.1, -0.05) is 6.92 Å². The maximum atomic E-state index is 11.7. The van der Waals surface area contributed by atoms with Crippen molar-refractivity contribution in [2.45, 2.75) is 39.7 Å². The minimum absolute atomic E-state index is 0.0766. The highest BCUT2D eigenvalue weighted by molar-refractivity contribution is 6.37. The molecule has 0 bridgehead atoms. The number of carbonyl (C=O) groups excluding carboxylic acids is 2. The van der Waals surface area contributed by atoms with E-state index in [4.69, 9.17) is 4.74 Å². The van der Waals surface area contributed by atoms with Gasteiger partial charge in [0.25, 0.3) is 0 Å². The number of ether oxygens (including phenoxy) is 1. The summed E-state index contributed by atoms with van der Waals surface area (Å²) >= 11 is 0. The first kappa shape index (κ1) is 12.7. The zero-order valence-electron chi connectivity index (χ0n) is 10.4. The van der Waals surface area contributed by atoms with Crippen LogP contribution >= 0.6 is 0 Å². The van der Waals surface area contributed by atoms with Gasteiger partial charge >= 0.3 is 5.97 Å². The molecule has 0 aromatic rings. The summed E-state index contributed by atoms with van der Waals surface area (Å²) < 4.78 is 5.20. The van der Waals surface area contributed by atoms with E-state index < -0.39 is 11.6 Å². The zero-order valence-corrected chi connectivity index (χ0v) is 10.4. The largest absolute Gasteiger partial charge is 0.455 e. The Morgan fingerprint density at radius 2 is 2.06 bits per heavy atom. The number of hydrogen-bond acceptors (Lipinski definition) is 4. The SMILES string of the molecule is CC1CC(C(=O)OC(C)(C)C)=NN(C)C1=O. The molecular formula is C11H18N2O3. The molecule has 0 fully saturated rings. The maximum Gasteiger partial charge on any atom is 0.355 e. The van der Waals surface area contributed by atoms with Gasteiger partial charge in [0, 0.05) is 19.4 Å². The zero-order chi connectivity index (χ0) is 12.5. The van der Waals surface area contributed by atoms with Gasteiger partial charge in [0.15, 0.2) is 0 Å². The highest BCUT2D eigenvalue weighted by Crippen LogP contribution is 2.17. The molecule has 0 radical (unpaired) electrons. The van der Waals surface area contributed by atoms with Crippen molar-refractivity contribution in [3.8, 4) is 0 Å². The minimum Gasteiger partial charge on any atom is -0.455 e. The third-order valence-corrected chi connectivity index (χ3v) is 2.15. The Morgan fingerprint density at radius 3 is 2.50 bits per heavy atom. The monoisotopic (exact) mass is 226 g/mol. The number of hydrazone groups is 1. The van der Waals surface area contributed by atoms with Crippen molar-refractivity contribution in [1.82, 2.24) is 5.01 Å². The Kier molecular flexibility index (Phi) is 3.35. The van der Waals surface area contributed by atoms with E-state index in [-0.39, 0.29) is 11.8 Å². The molecule has 0 N–H and O–H groups in total. The van der Waals surface area contributed by atoms with E-state index in [9.17, 15) is 9.59 Å². The summed E-state index contributed by atoms with van der Waals surface area (Å²) in [5.41, 5.74) is -0.229. The minimum atomic E-state index is -0.539. The van der Waals surface area contributed by atoms with Crippen molar-refractivity contribution >= 4 is 17.6 Å². The third-order valence-electron chi connectivity index (χ3n) is 2.15. The maximum absolute atomic E-state index is 11.7. The van der Waals surface area contributed by atoms with Crippen LogP contribution in [0, 0.1) is 5.92 Å². The lowest BCUT2D eigenvalue weighted by Gasteiger charge is -2.26. The lowest BCUT2D eigenvalue weighted by molar-refractivity contribution is -0.146. The lowest BCUT2D eigenvalue weighted by atomic mass is 10.0. The van der Waals surface area contributed by atoms with E-state index in [1.807, 2.05) is 0 Å². The number of carbonyl (C=O) groups is 2. The van der Waals surface area contributed by atoms with Crippen LogP contribution in [-0.2, 0) is 14.3 Å². The van der Waals surface area contributed by atoms with Gasteiger partial charge in [-0.05, 0) is 20.8 Å². The number of nitrogens with zero attached hydrogens (tertiary/aromatic N) is 2. The molecular weight excluding hydrogens is 208 g/mol. The number of hydrogen-bond donors (Lipinski definition) is 0. The molecule has 0 aliphatic carbocycles. The summed E-state index contributed by atoms with van der Waals surface area (Å²) in [6.45, 7) is 7.17. The van der Waals surface area contributed by atoms with Gasteiger partial charge in [0.2, 0.25) is 5.91 Å². The van der Waals surface area contributed by atoms with Crippen molar-refractivity contribution in [2.24, 2.45) is 11.0 Å². The summed E-state index contributed by atoms with van der Waals surface area (Å²) in [5, 5.41) is 5.13. The lowest BCUT2D eigenvalue weighted by Crippen LogP contribution is -2.39. The fraction of sp³-hybridized carbons (Fsp3) is 0.727. The Hall–Kier alpha value is -1.39. The topological polar surface area (TPSA) is 59.0 Å². The highest BCUT2D eigenvalue weighted by atomic mass is 16.6. The third kappa shape index (κ3) is 3.05. The molecule has 1 unspecified atom stereocenters. The molecule has 1 rings (SSSR count). The van der Waals surface area contributed by atoms with Crippen LogP contribution in [0.25, 0.3) is 0 Å². The van der Waals surface area contributed by atoms with Crippen molar-refractivity contribution < 1.29 is 14.3 Å². The molecule has 0 saturated heterocycles. The van der Waals surface area contributed by atoms with Crippen LogP contribution in [0.15, 0.2) is 5.10 Å². The molecule has 0 aromatic heterocycles. The summed E-state index contributed by atoms with van der Waals surface area (Å²) in [5.74, 6) is -0.740. The van der Waals surface area contributed by atoms with Crippen molar-refractivity contribution in [3.63, 3.8) is 0 Å². The van der Waals surface area contributed by atoms with Gasteiger partial charge in [0.05, 0.1) is 0 Å². The highest BCUT2D eigenvalue weighted by Gasteiger charge is 2.30. The van der Waals surface area contributed by atoms with E-state index in [1.165, 1.54) is 5.01 Å². The van der Waals surface area contributed by atoms with Gasteiger partial charge in [-0.25, -0.2) is 9.80 Å². The Bertz CT molecular complexity index is 342. The van der Waals surface area contributed by atoms with Crippen LogP contribution in [0.3, 0.4) is 0 Å². The van der Waals surface area contributed by atoms with E-state index in [2.05, 4.69) is 5.10 Å². The molecule has 90 valence electrons. The number of esters is 1. The van der Waals surface area contributed by atoms with E-state index in [0.717, 1.165) is 0 Å². The Labute approximate surface area is 95.4 Å². The first-order chi connectivity index (χ1) is 7.20. The second-order valence-electron chi connectivity index (χ2n) is 5.02. The first-order valence-corrected chi connectivity index (χ1v) is 5.29. The standard InChI is InChI=1S/C11H18N2O3/c1-7-6-8(12-13(5)9(7)14)10(15)16-11(2,3)4/h7H,6H2,1-5H3. The average molecular weight is 226 g/mol. The summed E-state index contributed by atoms with van der Waals surface area (Å²) in [6.07, 6.45) is 0.345. The predicted molar refractivity (Wildman–Crippen MR) is 59.8 cm³/mol. The fourth-order valence-electron chi connectivity index (χ4n) is 1.43. The molecule has 1 heterocycles. The average Bonchev–Trinajstić information content (AvgIpc) is 2.10. The van der Waals surface area contributed by atoms with Crippen molar-refractivity contribution in [1.29, 1.82) is 0 Å². The molecule has 5 heteroatoms. The van der Waals surface area contributed by atoms with E-state index in [1.54, 1.807) is 34.7 Å².